The monoisotopic (exact) mass is 462 g/mol. The second-order valence-corrected chi connectivity index (χ2v) is 7.16. The van der Waals surface area contributed by atoms with E-state index in [1.54, 1.807) is 22.8 Å². The van der Waals surface area contributed by atoms with Gasteiger partial charge < -0.3 is 30.0 Å². The van der Waals surface area contributed by atoms with Gasteiger partial charge in [-0.15, -0.1) is 0 Å². The number of anilines is 2. The topological polar surface area (TPSA) is 146 Å². The van der Waals surface area contributed by atoms with Gasteiger partial charge in [-0.3, -0.25) is 5.10 Å². The largest absolute Gasteiger partial charge is 0.493 e. The number of methoxy groups -OCH3 is 3. The molecule has 0 aliphatic carbocycles. The summed E-state index contributed by atoms with van der Waals surface area (Å²) in [5.74, 6) is 1.98. The summed E-state index contributed by atoms with van der Waals surface area (Å²) in [4.78, 5) is 15.4. The van der Waals surface area contributed by atoms with Gasteiger partial charge in [0.15, 0.2) is 23.0 Å². The van der Waals surface area contributed by atoms with Crippen LogP contribution in [0.15, 0.2) is 42.6 Å². The maximum Gasteiger partial charge on any atom is 0.404 e. The Morgan fingerprint density at radius 1 is 1.15 bits per heavy atom. The van der Waals surface area contributed by atoms with E-state index in [4.69, 9.17) is 24.3 Å². The number of hydrogen-bond acceptors (Lipinski definition) is 7. The highest BCUT2D eigenvalue weighted by atomic mass is 16.5. The van der Waals surface area contributed by atoms with Crippen LogP contribution >= 0.6 is 0 Å². The summed E-state index contributed by atoms with van der Waals surface area (Å²) >= 11 is 0. The molecule has 2 aromatic heterocycles. The molecular weight excluding hydrogens is 440 g/mol. The average Bonchev–Trinajstić information content (AvgIpc) is 3.42. The number of nitriles is 1. The van der Waals surface area contributed by atoms with Crippen molar-refractivity contribution < 1.29 is 24.1 Å². The number of rotatable bonds is 8. The second-order valence-electron chi connectivity index (χ2n) is 7.16. The molecule has 0 radical (unpaired) electrons. The minimum absolute atomic E-state index is 0.200. The Kier molecular flexibility index (Phi) is 6.13. The number of amides is 1. The van der Waals surface area contributed by atoms with Gasteiger partial charge in [0.05, 0.1) is 21.3 Å². The van der Waals surface area contributed by atoms with Crippen LogP contribution in [0.1, 0.15) is 11.1 Å². The SMILES string of the molecule is COc1cc(-c2nc3c(C#N)c[nH]n3c2Nc2ccc(CNC(=O)O)cc2)cc(OC)c1OC. The smallest absolute Gasteiger partial charge is 0.404 e. The fraction of sp³-hybridized carbons (Fsp3) is 0.174. The van der Waals surface area contributed by atoms with Gasteiger partial charge in [0.25, 0.3) is 0 Å². The molecule has 2 heterocycles. The molecule has 0 bridgehead atoms. The molecule has 4 rings (SSSR count). The van der Waals surface area contributed by atoms with E-state index < -0.39 is 6.09 Å². The third kappa shape index (κ3) is 4.12. The van der Waals surface area contributed by atoms with Crippen LogP contribution in [-0.4, -0.2) is 47.1 Å². The number of aromatic nitrogens is 3. The van der Waals surface area contributed by atoms with E-state index in [0.29, 0.717) is 45.5 Å². The number of benzene rings is 2. The van der Waals surface area contributed by atoms with Crippen molar-refractivity contribution in [2.75, 3.05) is 26.6 Å². The van der Waals surface area contributed by atoms with Crippen LogP contribution in [0.3, 0.4) is 0 Å². The summed E-state index contributed by atoms with van der Waals surface area (Å²) < 4.78 is 18.1. The van der Waals surface area contributed by atoms with Crippen molar-refractivity contribution in [1.82, 2.24) is 19.9 Å². The maximum atomic E-state index is 10.7. The number of carboxylic acid groups (broad SMARTS) is 1. The number of nitrogens with one attached hydrogen (secondary N) is 3. The normalized spacial score (nSPS) is 10.5. The zero-order valence-corrected chi connectivity index (χ0v) is 18.7. The first-order chi connectivity index (χ1) is 16.5. The van der Waals surface area contributed by atoms with Crippen LogP contribution in [0.2, 0.25) is 0 Å². The van der Waals surface area contributed by atoms with Crippen LogP contribution in [0.4, 0.5) is 16.3 Å². The average molecular weight is 462 g/mol. The van der Waals surface area contributed by atoms with Crippen molar-refractivity contribution in [3.8, 4) is 34.6 Å². The molecule has 2 aromatic carbocycles. The lowest BCUT2D eigenvalue weighted by atomic mass is 10.1. The van der Waals surface area contributed by atoms with Gasteiger partial charge in [-0.25, -0.2) is 14.3 Å². The third-order valence-electron chi connectivity index (χ3n) is 5.18. The van der Waals surface area contributed by atoms with Crippen molar-refractivity contribution in [2.24, 2.45) is 0 Å². The van der Waals surface area contributed by atoms with Crippen LogP contribution < -0.4 is 24.8 Å². The molecule has 0 fully saturated rings. The van der Waals surface area contributed by atoms with E-state index in [-0.39, 0.29) is 6.54 Å². The molecule has 174 valence electrons. The van der Waals surface area contributed by atoms with Gasteiger partial charge in [0.2, 0.25) is 5.75 Å². The lowest BCUT2D eigenvalue weighted by Gasteiger charge is -2.14. The summed E-state index contributed by atoms with van der Waals surface area (Å²) in [5, 5.41) is 27.0. The third-order valence-corrected chi connectivity index (χ3v) is 5.18. The summed E-state index contributed by atoms with van der Waals surface area (Å²) in [6, 6.07) is 13.0. The Bertz CT molecular complexity index is 1360. The van der Waals surface area contributed by atoms with Crippen molar-refractivity contribution in [2.45, 2.75) is 6.54 Å². The minimum Gasteiger partial charge on any atom is -0.493 e. The van der Waals surface area contributed by atoms with Gasteiger partial charge in [0, 0.05) is 24.0 Å². The van der Waals surface area contributed by atoms with Crippen molar-refractivity contribution in [3.05, 3.63) is 53.7 Å². The van der Waals surface area contributed by atoms with E-state index in [1.165, 1.54) is 21.3 Å². The van der Waals surface area contributed by atoms with E-state index in [1.807, 2.05) is 24.3 Å². The molecule has 0 aliphatic rings. The molecule has 0 aliphatic heterocycles. The van der Waals surface area contributed by atoms with E-state index in [9.17, 15) is 10.1 Å². The summed E-state index contributed by atoms with van der Waals surface area (Å²) in [6.45, 7) is 0.200. The Hall–Kier alpha value is -4.85. The molecule has 0 atom stereocenters. The van der Waals surface area contributed by atoms with Gasteiger partial charge in [-0.05, 0) is 29.8 Å². The lowest BCUT2D eigenvalue weighted by Crippen LogP contribution is -2.19. The first-order valence-corrected chi connectivity index (χ1v) is 10.1. The van der Waals surface area contributed by atoms with Crippen molar-refractivity contribution in [3.63, 3.8) is 0 Å². The standard InChI is InChI=1S/C23H22N6O5/c1-32-17-8-14(9-18(33-2)20(17)34-3)19-22(29-21(28-19)15(10-24)12-26-29)27-16-6-4-13(5-7-16)11-25-23(30)31/h4-9,12,25-27H,11H2,1-3H3,(H,30,31). The number of fused-ring (bicyclic) bond motifs is 1. The molecule has 4 N–H and O–H groups in total. The molecule has 4 aromatic rings. The Balaban J connectivity index is 1.79. The fourth-order valence-electron chi connectivity index (χ4n) is 3.56. The van der Waals surface area contributed by atoms with Crippen molar-refractivity contribution in [1.29, 1.82) is 5.26 Å². The lowest BCUT2D eigenvalue weighted by molar-refractivity contribution is 0.194. The highest BCUT2D eigenvalue weighted by Crippen LogP contribution is 2.43. The van der Waals surface area contributed by atoms with Gasteiger partial charge in [-0.1, -0.05) is 12.1 Å². The predicted octanol–water partition coefficient (Wildman–Crippen LogP) is 3.74. The van der Waals surface area contributed by atoms with Crippen LogP contribution in [0.25, 0.3) is 16.9 Å². The van der Waals surface area contributed by atoms with Gasteiger partial charge >= 0.3 is 6.09 Å². The van der Waals surface area contributed by atoms with Crippen LogP contribution in [0.5, 0.6) is 17.2 Å². The fourth-order valence-corrected chi connectivity index (χ4v) is 3.56. The summed E-state index contributed by atoms with van der Waals surface area (Å²) in [6.07, 6.45) is 0.492. The minimum atomic E-state index is -1.08. The van der Waals surface area contributed by atoms with Crippen molar-refractivity contribution >= 4 is 23.2 Å². The van der Waals surface area contributed by atoms with E-state index in [2.05, 4.69) is 21.8 Å². The molecule has 0 spiro atoms. The van der Waals surface area contributed by atoms with Gasteiger partial charge in [0.1, 0.15) is 17.3 Å². The molecule has 11 nitrogen and oxygen atoms in total. The second kappa shape index (κ2) is 9.33. The van der Waals surface area contributed by atoms with Gasteiger partial charge in [-0.2, -0.15) is 5.26 Å². The molecule has 0 unspecified atom stereocenters. The molecule has 0 saturated carbocycles. The predicted molar refractivity (Wildman–Crippen MR) is 124 cm³/mol. The van der Waals surface area contributed by atoms with Crippen LogP contribution in [-0.2, 0) is 6.54 Å². The number of H-pyrrole nitrogens is 1. The number of nitrogens with zero attached hydrogens (tertiary/aromatic N) is 3. The Morgan fingerprint density at radius 2 is 1.82 bits per heavy atom. The number of carbonyl (C=O) groups is 1. The first-order valence-electron chi connectivity index (χ1n) is 10.1. The highest BCUT2D eigenvalue weighted by Gasteiger charge is 2.22. The maximum absolute atomic E-state index is 10.7. The first kappa shape index (κ1) is 22.3. The summed E-state index contributed by atoms with van der Waals surface area (Å²) in [7, 11) is 4.60. The molecule has 11 heteroatoms. The van der Waals surface area contributed by atoms with E-state index in [0.717, 1.165) is 11.3 Å². The molecule has 34 heavy (non-hydrogen) atoms. The zero-order valence-electron chi connectivity index (χ0n) is 18.7. The Labute approximate surface area is 194 Å². The quantitative estimate of drug-likeness (QED) is 0.310. The highest BCUT2D eigenvalue weighted by molar-refractivity contribution is 5.83. The molecule has 0 saturated heterocycles. The molecular formula is C23H22N6O5. The summed E-state index contributed by atoms with van der Waals surface area (Å²) in [5.41, 5.74) is 3.62. The van der Waals surface area contributed by atoms with E-state index >= 15 is 0 Å². The molecule has 1 amide bonds. The zero-order chi connectivity index (χ0) is 24.2. The number of aromatic amines is 1. The van der Waals surface area contributed by atoms with Crippen LogP contribution in [0, 0.1) is 11.3 Å². The number of hydrogen-bond donors (Lipinski definition) is 4. The Morgan fingerprint density at radius 3 is 2.38 bits per heavy atom. The number of imidazole rings is 1. The number of ether oxygens (including phenoxy) is 3.